The second kappa shape index (κ2) is 12.0. The SMILES string of the molecule is CCCOc1ccc(/C=N\NC(=O)C2CCN(S(=O)(=O)c3ccc(C)cc3)CC2)cc1OCC. The molecular formula is C25H33N3O5S. The Bertz CT molecular complexity index is 1090. The lowest BCUT2D eigenvalue weighted by Crippen LogP contribution is -2.42. The summed E-state index contributed by atoms with van der Waals surface area (Å²) >= 11 is 0. The monoisotopic (exact) mass is 487 g/mol. The largest absolute Gasteiger partial charge is 0.490 e. The van der Waals surface area contributed by atoms with E-state index in [0.29, 0.717) is 50.6 Å². The highest BCUT2D eigenvalue weighted by Gasteiger charge is 2.32. The van der Waals surface area contributed by atoms with Gasteiger partial charge in [-0.3, -0.25) is 4.79 Å². The standard InChI is InChI=1S/C25H33N3O5S/c1-4-16-33-23-11-8-20(17-24(23)32-5-2)18-26-27-25(29)21-12-14-28(15-13-21)34(30,31)22-9-6-19(3)7-10-22/h6-11,17-18,21H,4-5,12-16H2,1-3H3,(H,27,29)/b26-18-. The highest BCUT2D eigenvalue weighted by Crippen LogP contribution is 2.28. The van der Waals surface area contributed by atoms with Crippen molar-refractivity contribution in [1.29, 1.82) is 0 Å². The first-order valence-electron chi connectivity index (χ1n) is 11.6. The van der Waals surface area contributed by atoms with Gasteiger partial charge in [0, 0.05) is 19.0 Å². The summed E-state index contributed by atoms with van der Waals surface area (Å²) in [4.78, 5) is 12.8. The van der Waals surface area contributed by atoms with Crippen LogP contribution in [0, 0.1) is 12.8 Å². The van der Waals surface area contributed by atoms with Gasteiger partial charge < -0.3 is 9.47 Å². The van der Waals surface area contributed by atoms with E-state index in [2.05, 4.69) is 10.5 Å². The number of nitrogens with one attached hydrogen (secondary N) is 1. The summed E-state index contributed by atoms with van der Waals surface area (Å²) in [6.07, 6.45) is 3.35. The Morgan fingerprint density at radius 2 is 1.79 bits per heavy atom. The molecule has 1 amide bonds. The zero-order valence-corrected chi connectivity index (χ0v) is 20.8. The van der Waals surface area contributed by atoms with Crippen molar-refractivity contribution < 1.29 is 22.7 Å². The Morgan fingerprint density at radius 1 is 1.09 bits per heavy atom. The number of carbonyl (C=O) groups excluding carboxylic acids is 1. The molecule has 1 saturated heterocycles. The molecule has 184 valence electrons. The predicted molar refractivity (Wildman–Crippen MR) is 132 cm³/mol. The average Bonchev–Trinajstić information content (AvgIpc) is 2.84. The van der Waals surface area contributed by atoms with E-state index in [-0.39, 0.29) is 16.7 Å². The quantitative estimate of drug-likeness (QED) is 0.407. The highest BCUT2D eigenvalue weighted by atomic mass is 32.2. The van der Waals surface area contributed by atoms with Gasteiger partial charge in [-0.25, -0.2) is 13.8 Å². The van der Waals surface area contributed by atoms with Crippen LogP contribution >= 0.6 is 0 Å². The smallest absolute Gasteiger partial charge is 0.243 e. The van der Waals surface area contributed by atoms with Crippen molar-refractivity contribution in [2.24, 2.45) is 11.0 Å². The van der Waals surface area contributed by atoms with Crippen molar-refractivity contribution in [3.63, 3.8) is 0 Å². The maximum absolute atomic E-state index is 12.8. The number of benzene rings is 2. The summed E-state index contributed by atoms with van der Waals surface area (Å²) in [6.45, 7) is 7.58. The first kappa shape index (κ1) is 25.7. The molecule has 0 atom stereocenters. The molecule has 0 saturated carbocycles. The van der Waals surface area contributed by atoms with Crippen molar-refractivity contribution in [1.82, 2.24) is 9.73 Å². The molecule has 2 aromatic carbocycles. The molecule has 8 nitrogen and oxygen atoms in total. The van der Waals surface area contributed by atoms with Crippen molar-refractivity contribution in [3.05, 3.63) is 53.6 Å². The van der Waals surface area contributed by atoms with E-state index < -0.39 is 10.0 Å². The van der Waals surface area contributed by atoms with Crippen molar-refractivity contribution in [2.75, 3.05) is 26.3 Å². The van der Waals surface area contributed by atoms with E-state index >= 15 is 0 Å². The van der Waals surface area contributed by atoms with Crippen LogP contribution in [0.2, 0.25) is 0 Å². The molecule has 0 bridgehead atoms. The molecule has 2 aromatic rings. The van der Waals surface area contributed by atoms with Crippen molar-refractivity contribution >= 4 is 22.1 Å². The van der Waals surface area contributed by atoms with Gasteiger partial charge in [0.15, 0.2) is 11.5 Å². The third kappa shape index (κ3) is 6.57. The van der Waals surface area contributed by atoms with Crippen LogP contribution in [0.1, 0.15) is 44.2 Å². The lowest BCUT2D eigenvalue weighted by atomic mass is 9.98. The number of sulfonamides is 1. The Balaban J connectivity index is 1.54. The van der Waals surface area contributed by atoms with Gasteiger partial charge in [0.2, 0.25) is 15.9 Å². The number of rotatable bonds is 10. The molecule has 0 aliphatic carbocycles. The number of ether oxygens (including phenoxy) is 2. The fourth-order valence-corrected chi connectivity index (χ4v) is 5.15. The number of hydrazone groups is 1. The molecule has 0 unspecified atom stereocenters. The van der Waals surface area contributed by atoms with Gasteiger partial charge in [-0.15, -0.1) is 0 Å². The molecule has 1 fully saturated rings. The van der Waals surface area contributed by atoms with Crippen LogP contribution in [0.15, 0.2) is 52.5 Å². The van der Waals surface area contributed by atoms with E-state index in [1.807, 2.05) is 39.0 Å². The minimum absolute atomic E-state index is 0.212. The van der Waals surface area contributed by atoms with Gasteiger partial charge >= 0.3 is 0 Å². The zero-order valence-electron chi connectivity index (χ0n) is 20.0. The number of piperidine rings is 1. The first-order valence-corrected chi connectivity index (χ1v) is 13.1. The van der Waals surface area contributed by atoms with Gasteiger partial charge in [0.25, 0.3) is 0 Å². The van der Waals surface area contributed by atoms with Crippen LogP contribution in [0.5, 0.6) is 11.5 Å². The number of amides is 1. The maximum Gasteiger partial charge on any atom is 0.243 e. The number of carbonyl (C=O) groups is 1. The van der Waals surface area contributed by atoms with Gasteiger partial charge in [-0.05, 0) is 69.0 Å². The van der Waals surface area contributed by atoms with Crippen LogP contribution in [-0.4, -0.2) is 51.1 Å². The second-order valence-electron chi connectivity index (χ2n) is 8.21. The summed E-state index contributed by atoms with van der Waals surface area (Å²) < 4.78 is 38.5. The third-order valence-electron chi connectivity index (χ3n) is 5.60. The maximum atomic E-state index is 12.8. The second-order valence-corrected chi connectivity index (χ2v) is 10.2. The van der Waals surface area contributed by atoms with E-state index in [4.69, 9.17) is 9.47 Å². The molecule has 0 spiro atoms. The van der Waals surface area contributed by atoms with E-state index in [1.54, 1.807) is 30.5 Å². The Hall–Kier alpha value is -2.91. The summed E-state index contributed by atoms with van der Waals surface area (Å²) in [5, 5.41) is 4.08. The molecule has 0 radical (unpaired) electrons. The highest BCUT2D eigenvalue weighted by molar-refractivity contribution is 7.89. The van der Waals surface area contributed by atoms with Gasteiger partial charge in [0.1, 0.15) is 0 Å². The van der Waals surface area contributed by atoms with Crippen LogP contribution in [0.25, 0.3) is 0 Å². The molecule has 9 heteroatoms. The molecule has 3 rings (SSSR count). The Labute approximate surface area is 202 Å². The minimum atomic E-state index is -3.55. The zero-order chi connectivity index (χ0) is 24.6. The normalized spacial score (nSPS) is 15.4. The molecule has 34 heavy (non-hydrogen) atoms. The van der Waals surface area contributed by atoms with E-state index in [0.717, 1.165) is 17.5 Å². The topological polar surface area (TPSA) is 97.3 Å². The summed E-state index contributed by atoms with van der Waals surface area (Å²) in [5.74, 6) is 0.813. The van der Waals surface area contributed by atoms with E-state index in [9.17, 15) is 13.2 Å². The first-order chi connectivity index (χ1) is 16.3. The summed E-state index contributed by atoms with van der Waals surface area (Å²) in [7, 11) is -3.55. The number of aryl methyl sites for hydroxylation is 1. The third-order valence-corrected chi connectivity index (χ3v) is 7.51. The molecular weight excluding hydrogens is 454 g/mol. The summed E-state index contributed by atoms with van der Waals surface area (Å²) in [5.41, 5.74) is 4.36. The fraction of sp³-hybridized carbons (Fsp3) is 0.440. The predicted octanol–water partition coefficient (Wildman–Crippen LogP) is 3.73. The van der Waals surface area contributed by atoms with Crippen molar-refractivity contribution in [2.45, 2.75) is 44.9 Å². The minimum Gasteiger partial charge on any atom is -0.490 e. The fourth-order valence-electron chi connectivity index (χ4n) is 3.68. The van der Waals surface area contributed by atoms with Crippen LogP contribution < -0.4 is 14.9 Å². The van der Waals surface area contributed by atoms with Gasteiger partial charge in [-0.2, -0.15) is 9.41 Å². The lowest BCUT2D eigenvalue weighted by molar-refractivity contribution is -0.126. The molecule has 0 aromatic heterocycles. The Morgan fingerprint density at radius 3 is 2.44 bits per heavy atom. The molecule has 1 heterocycles. The Kier molecular flexibility index (Phi) is 9.06. The van der Waals surface area contributed by atoms with Crippen molar-refractivity contribution in [3.8, 4) is 11.5 Å². The molecule has 1 N–H and O–H groups in total. The summed E-state index contributed by atoms with van der Waals surface area (Å²) in [6, 6.07) is 12.3. The number of hydrogen-bond acceptors (Lipinski definition) is 6. The van der Waals surface area contributed by atoms with Gasteiger partial charge in [0.05, 0.1) is 24.3 Å². The number of nitrogens with zero attached hydrogens (tertiary/aromatic N) is 2. The molecule has 1 aliphatic rings. The van der Waals surface area contributed by atoms with Crippen LogP contribution in [-0.2, 0) is 14.8 Å². The van der Waals surface area contributed by atoms with Gasteiger partial charge in [-0.1, -0.05) is 24.6 Å². The average molecular weight is 488 g/mol. The number of hydrogen-bond donors (Lipinski definition) is 1. The van der Waals surface area contributed by atoms with Crippen LogP contribution in [0.4, 0.5) is 0 Å². The molecule has 1 aliphatic heterocycles. The lowest BCUT2D eigenvalue weighted by Gasteiger charge is -2.30. The van der Waals surface area contributed by atoms with Crippen LogP contribution in [0.3, 0.4) is 0 Å². The van der Waals surface area contributed by atoms with E-state index in [1.165, 1.54) is 4.31 Å².